The normalized spacial score (nSPS) is 14.7. The Kier molecular flexibility index (Phi) is 9.08. The second-order valence-electron chi connectivity index (χ2n) is 10.3. The Morgan fingerprint density at radius 2 is 1.69 bits per heavy atom. The van der Waals surface area contributed by atoms with Gasteiger partial charge in [-0.25, -0.2) is 0 Å². The molecule has 6 nitrogen and oxygen atoms in total. The predicted octanol–water partition coefficient (Wildman–Crippen LogP) is 7.76. The largest absolute Gasteiger partial charge is 0.493 e. The van der Waals surface area contributed by atoms with Crippen molar-refractivity contribution in [3.05, 3.63) is 92.3 Å². The lowest BCUT2D eigenvalue weighted by Gasteiger charge is -2.19. The molecule has 3 aromatic rings. The zero-order valence-corrected chi connectivity index (χ0v) is 25.1. The third-order valence-electron chi connectivity index (χ3n) is 6.17. The van der Waals surface area contributed by atoms with Crippen LogP contribution < -0.4 is 14.2 Å². The predicted molar refractivity (Wildman–Crippen MR) is 160 cm³/mol. The van der Waals surface area contributed by atoms with Crippen molar-refractivity contribution < 1.29 is 23.8 Å². The molecule has 0 saturated carbocycles. The lowest BCUT2D eigenvalue weighted by molar-refractivity contribution is -0.123. The maximum Gasteiger partial charge on any atom is 0.293 e. The number of imide groups is 1. The van der Waals surface area contributed by atoms with Gasteiger partial charge in [0, 0.05) is 0 Å². The second-order valence-corrected chi connectivity index (χ2v) is 12.1. The number of carbonyl (C=O) groups is 2. The average Bonchev–Trinajstić information content (AvgIpc) is 3.14. The number of ether oxygens (including phenoxy) is 3. The monoisotopic (exact) mass is 609 g/mol. The molecule has 1 aliphatic rings. The summed E-state index contributed by atoms with van der Waals surface area (Å²) in [6.45, 7) is 9.42. The van der Waals surface area contributed by atoms with E-state index in [-0.39, 0.29) is 23.1 Å². The zero-order valence-electron chi connectivity index (χ0n) is 22.7. The van der Waals surface area contributed by atoms with Gasteiger partial charge in [-0.3, -0.25) is 14.5 Å². The van der Waals surface area contributed by atoms with Crippen LogP contribution in [0.25, 0.3) is 6.08 Å². The fraction of sp³-hybridized carbons (Fsp3) is 0.290. The van der Waals surface area contributed by atoms with Gasteiger partial charge in [-0.2, -0.15) is 0 Å². The molecule has 1 heterocycles. The van der Waals surface area contributed by atoms with Crippen molar-refractivity contribution in [3.63, 3.8) is 0 Å². The Hall–Kier alpha value is -3.23. The molecule has 0 aromatic heterocycles. The van der Waals surface area contributed by atoms with Gasteiger partial charge in [0.05, 0.1) is 23.0 Å². The van der Waals surface area contributed by atoms with Gasteiger partial charge in [0.25, 0.3) is 11.1 Å². The summed E-state index contributed by atoms with van der Waals surface area (Å²) in [5.74, 6) is 1.51. The molecule has 0 N–H and O–H groups in total. The van der Waals surface area contributed by atoms with E-state index >= 15 is 0 Å². The van der Waals surface area contributed by atoms with E-state index in [1.165, 1.54) is 10.5 Å². The second kappa shape index (κ2) is 12.3. The first kappa shape index (κ1) is 28.8. The number of thioether (sulfide) groups is 1. The highest BCUT2D eigenvalue weighted by atomic mass is 79.9. The summed E-state index contributed by atoms with van der Waals surface area (Å²) >= 11 is 4.49. The van der Waals surface area contributed by atoms with E-state index in [4.69, 9.17) is 14.2 Å². The van der Waals surface area contributed by atoms with Crippen molar-refractivity contribution in [1.29, 1.82) is 0 Å². The van der Waals surface area contributed by atoms with Gasteiger partial charge in [-0.15, -0.1) is 0 Å². The molecule has 1 aliphatic heterocycles. The van der Waals surface area contributed by atoms with Crippen LogP contribution in [0.5, 0.6) is 17.2 Å². The van der Waals surface area contributed by atoms with Gasteiger partial charge in [0.15, 0.2) is 11.5 Å². The number of hydrogen-bond donors (Lipinski definition) is 0. The van der Waals surface area contributed by atoms with E-state index in [2.05, 4.69) is 48.8 Å². The van der Waals surface area contributed by atoms with Crippen LogP contribution in [0.3, 0.4) is 0 Å². The van der Waals surface area contributed by atoms with E-state index in [0.717, 1.165) is 28.6 Å². The topological polar surface area (TPSA) is 65.1 Å². The minimum absolute atomic E-state index is 0.0899. The molecule has 8 heteroatoms. The van der Waals surface area contributed by atoms with Crippen LogP contribution >= 0.6 is 27.7 Å². The van der Waals surface area contributed by atoms with Crippen LogP contribution in [0.15, 0.2) is 70.0 Å². The van der Waals surface area contributed by atoms with E-state index in [1.807, 2.05) is 49.4 Å². The van der Waals surface area contributed by atoms with E-state index in [0.29, 0.717) is 39.7 Å². The maximum absolute atomic E-state index is 13.0. The van der Waals surface area contributed by atoms with E-state index in [9.17, 15) is 9.59 Å². The summed E-state index contributed by atoms with van der Waals surface area (Å²) in [6, 6.07) is 19.5. The van der Waals surface area contributed by atoms with Crippen LogP contribution in [0, 0.1) is 6.92 Å². The van der Waals surface area contributed by atoms with Crippen molar-refractivity contribution in [1.82, 2.24) is 4.90 Å². The molecule has 0 atom stereocenters. The van der Waals surface area contributed by atoms with Gasteiger partial charge < -0.3 is 14.2 Å². The van der Waals surface area contributed by atoms with Gasteiger partial charge in [-0.1, -0.05) is 62.7 Å². The molecular formula is C31H32BrNO5S. The molecule has 0 aliphatic carbocycles. The third-order valence-corrected chi connectivity index (χ3v) is 7.66. The number of amides is 2. The summed E-state index contributed by atoms with van der Waals surface area (Å²) in [5, 5.41) is -0.285. The molecular weight excluding hydrogens is 578 g/mol. The summed E-state index contributed by atoms with van der Waals surface area (Å²) in [6.07, 6.45) is 1.70. The summed E-state index contributed by atoms with van der Waals surface area (Å²) in [4.78, 5) is 27.2. The highest BCUT2D eigenvalue weighted by molar-refractivity contribution is 9.10. The lowest BCUT2D eigenvalue weighted by atomic mass is 9.87. The molecule has 2 amide bonds. The van der Waals surface area contributed by atoms with Crippen LogP contribution in [0.2, 0.25) is 0 Å². The van der Waals surface area contributed by atoms with Crippen molar-refractivity contribution >= 4 is 44.9 Å². The Labute approximate surface area is 242 Å². The standard InChI is InChI=1S/C31H32BrNO5S/c1-20-7-6-8-21(15-20)19-33-29(34)27(39-30(33)35)18-22-16-25(32)28(26(17-22)36-5)38-14-13-37-24-11-9-23(10-12-24)31(2,3)4/h6-12,15-18H,13-14,19H2,1-5H3/b27-18-. The van der Waals surface area contributed by atoms with E-state index in [1.54, 1.807) is 19.3 Å². The number of benzene rings is 3. The van der Waals surface area contributed by atoms with Crippen molar-refractivity contribution in [3.8, 4) is 17.2 Å². The maximum atomic E-state index is 13.0. The lowest BCUT2D eigenvalue weighted by Crippen LogP contribution is -2.27. The summed E-state index contributed by atoms with van der Waals surface area (Å²) < 4.78 is 18.0. The van der Waals surface area contributed by atoms with Crippen LogP contribution in [-0.2, 0) is 16.8 Å². The molecule has 0 bridgehead atoms. The highest BCUT2D eigenvalue weighted by Crippen LogP contribution is 2.39. The fourth-order valence-electron chi connectivity index (χ4n) is 4.10. The number of carbonyl (C=O) groups excluding carboxylic acids is 2. The van der Waals surface area contributed by atoms with E-state index < -0.39 is 0 Å². The minimum Gasteiger partial charge on any atom is -0.493 e. The van der Waals surface area contributed by atoms with Crippen LogP contribution in [-0.4, -0.2) is 36.4 Å². The smallest absolute Gasteiger partial charge is 0.293 e. The molecule has 39 heavy (non-hydrogen) atoms. The molecule has 0 radical (unpaired) electrons. The van der Waals surface area contributed by atoms with Gasteiger partial charge in [0.2, 0.25) is 0 Å². The minimum atomic E-state index is -0.311. The quantitative estimate of drug-likeness (QED) is 0.182. The number of rotatable bonds is 9. The molecule has 0 spiro atoms. The Morgan fingerprint density at radius 1 is 0.974 bits per heavy atom. The molecule has 1 fully saturated rings. The number of halogens is 1. The molecule has 4 rings (SSSR count). The summed E-state index contributed by atoms with van der Waals surface area (Å²) in [7, 11) is 1.56. The number of nitrogens with zero attached hydrogens (tertiary/aromatic N) is 1. The van der Waals surface area contributed by atoms with Crippen molar-refractivity contribution in [2.45, 2.75) is 39.7 Å². The van der Waals surface area contributed by atoms with Crippen LogP contribution in [0.1, 0.15) is 43.0 Å². The molecule has 204 valence electrons. The Morgan fingerprint density at radius 3 is 2.36 bits per heavy atom. The first-order valence-corrected chi connectivity index (χ1v) is 14.2. The first-order chi connectivity index (χ1) is 18.5. The van der Waals surface area contributed by atoms with Crippen LogP contribution in [0.4, 0.5) is 4.79 Å². The van der Waals surface area contributed by atoms with Gasteiger partial charge >= 0.3 is 0 Å². The SMILES string of the molecule is COc1cc(/C=C2\SC(=O)N(Cc3cccc(C)c3)C2=O)cc(Br)c1OCCOc1ccc(C(C)(C)C)cc1. The fourth-order valence-corrected chi connectivity index (χ4v) is 5.51. The average molecular weight is 611 g/mol. The van der Waals surface area contributed by atoms with Crippen molar-refractivity contribution in [2.24, 2.45) is 0 Å². The van der Waals surface area contributed by atoms with Crippen molar-refractivity contribution in [2.75, 3.05) is 20.3 Å². The Balaban J connectivity index is 1.40. The number of methoxy groups -OCH3 is 1. The summed E-state index contributed by atoms with van der Waals surface area (Å²) in [5.41, 5.74) is 4.04. The first-order valence-electron chi connectivity index (χ1n) is 12.6. The van der Waals surface area contributed by atoms with Gasteiger partial charge in [-0.05, 0) is 87.1 Å². The third kappa shape index (κ3) is 7.25. The number of hydrogen-bond acceptors (Lipinski definition) is 6. The molecule has 3 aromatic carbocycles. The highest BCUT2D eigenvalue weighted by Gasteiger charge is 2.35. The number of aryl methyl sites for hydroxylation is 1. The molecule has 1 saturated heterocycles. The molecule has 0 unspecified atom stereocenters. The zero-order chi connectivity index (χ0) is 28.2. The van der Waals surface area contributed by atoms with Gasteiger partial charge in [0.1, 0.15) is 19.0 Å². The Bertz CT molecular complexity index is 1400.